The molecule has 104 valence electrons. The van der Waals surface area contributed by atoms with Gasteiger partial charge in [0.25, 0.3) is 0 Å². The molecule has 2 rings (SSSR count). The first-order valence-electron chi connectivity index (χ1n) is 6.06. The Hall–Kier alpha value is -1.07. The molecule has 1 aliphatic rings. The van der Waals surface area contributed by atoms with Crippen LogP contribution in [0.3, 0.4) is 0 Å². The molecule has 0 radical (unpaired) electrons. The van der Waals surface area contributed by atoms with Gasteiger partial charge in [0.2, 0.25) is 0 Å². The average Bonchev–Trinajstić information content (AvgIpc) is 2.72. The molecule has 0 bridgehead atoms. The molecule has 6 heteroatoms. The normalized spacial score (nSPS) is 27.4. The van der Waals surface area contributed by atoms with Gasteiger partial charge < -0.3 is 5.11 Å². The van der Waals surface area contributed by atoms with Gasteiger partial charge in [0.1, 0.15) is 0 Å². The third-order valence-electron chi connectivity index (χ3n) is 3.95. The highest BCUT2D eigenvalue weighted by molar-refractivity contribution is 7.93. The number of carbonyl (C=O) groups is 1. The first-order chi connectivity index (χ1) is 8.84. The van der Waals surface area contributed by atoms with Crippen molar-refractivity contribution in [2.24, 2.45) is 5.92 Å². The second kappa shape index (κ2) is 4.80. The van der Waals surface area contributed by atoms with Crippen LogP contribution in [0.5, 0.6) is 0 Å². The molecule has 1 fully saturated rings. The lowest BCUT2D eigenvalue weighted by Gasteiger charge is -2.29. The number of rotatable bonds is 3. The van der Waals surface area contributed by atoms with Crippen molar-refractivity contribution in [1.29, 1.82) is 0 Å². The summed E-state index contributed by atoms with van der Waals surface area (Å²) in [6.45, 7) is 1.68. The number of sulfone groups is 1. The summed E-state index contributed by atoms with van der Waals surface area (Å²) >= 11 is 5.93. The lowest BCUT2D eigenvalue weighted by atomic mass is 9.97. The zero-order valence-corrected chi connectivity index (χ0v) is 12.0. The third-order valence-corrected chi connectivity index (χ3v) is 7.07. The van der Waals surface area contributed by atoms with Crippen LogP contribution in [0.1, 0.15) is 26.2 Å². The Morgan fingerprint density at radius 3 is 2.53 bits per heavy atom. The second-order valence-electron chi connectivity index (χ2n) is 4.92. The molecular formula is C13H15ClO4S. The lowest BCUT2D eigenvalue weighted by molar-refractivity contribution is -0.141. The number of halogens is 1. The van der Waals surface area contributed by atoms with Crippen LogP contribution in [0.2, 0.25) is 5.02 Å². The smallest absolute Gasteiger partial charge is 0.325 e. The monoisotopic (exact) mass is 302 g/mol. The molecule has 0 aromatic heterocycles. The summed E-state index contributed by atoms with van der Waals surface area (Å²) in [6, 6.07) is 6.00. The molecule has 4 nitrogen and oxygen atoms in total. The van der Waals surface area contributed by atoms with E-state index in [0.717, 1.165) is 0 Å². The molecule has 19 heavy (non-hydrogen) atoms. The van der Waals surface area contributed by atoms with E-state index in [2.05, 4.69) is 0 Å². The van der Waals surface area contributed by atoms with E-state index < -0.39 is 26.5 Å². The summed E-state index contributed by atoms with van der Waals surface area (Å²) in [5.41, 5.74) is 0. The summed E-state index contributed by atoms with van der Waals surface area (Å²) in [6.07, 6.45) is 1.32. The molecule has 1 saturated carbocycles. The number of carboxylic acid groups (broad SMARTS) is 1. The number of aliphatic carboxylic acids is 1. The molecule has 0 heterocycles. The van der Waals surface area contributed by atoms with Gasteiger partial charge in [-0.15, -0.1) is 0 Å². The highest BCUT2D eigenvalue weighted by atomic mass is 35.5. The van der Waals surface area contributed by atoms with Crippen molar-refractivity contribution in [3.8, 4) is 0 Å². The van der Waals surface area contributed by atoms with E-state index in [9.17, 15) is 18.3 Å². The van der Waals surface area contributed by atoms with Gasteiger partial charge in [-0.2, -0.15) is 0 Å². The zero-order chi connectivity index (χ0) is 14.3. The van der Waals surface area contributed by atoms with Crippen LogP contribution in [0.4, 0.5) is 0 Å². The second-order valence-corrected chi connectivity index (χ2v) is 7.50. The Morgan fingerprint density at radius 2 is 2.05 bits per heavy atom. The average molecular weight is 303 g/mol. The fraction of sp³-hybridized carbons (Fsp3) is 0.462. The third kappa shape index (κ3) is 1.96. The van der Waals surface area contributed by atoms with E-state index in [-0.39, 0.29) is 16.3 Å². The molecule has 1 aromatic carbocycles. The summed E-state index contributed by atoms with van der Waals surface area (Å²) in [4.78, 5) is 11.6. The van der Waals surface area contributed by atoms with Crippen LogP contribution in [0, 0.1) is 5.92 Å². The van der Waals surface area contributed by atoms with E-state index in [1.165, 1.54) is 12.1 Å². The standard InChI is InChI=1S/C13H15ClO4S/c1-9-5-4-8-13(9,12(15)16)19(17,18)11-7-3-2-6-10(11)14/h2-3,6-7,9H,4-5,8H2,1H3,(H,15,16). The highest BCUT2D eigenvalue weighted by Crippen LogP contribution is 2.46. The molecule has 1 aromatic rings. The van der Waals surface area contributed by atoms with Crippen molar-refractivity contribution in [2.45, 2.75) is 35.8 Å². The number of carboxylic acids is 1. The summed E-state index contributed by atoms with van der Waals surface area (Å²) in [7, 11) is -4.01. The molecule has 2 atom stereocenters. The van der Waals surface area contributed by atoms with Crippen molar-refractivity contribution >= 4 is 27.4 Å². The molecule has 0 amide bonds. The van der Waals surface area contributed by atoms with Gasteiger partial charge in [0.05, 0.1) is 9.92 Å². The fourth-order valence-electron chi connectivity index (χ4n) is 2.84. The fourth-order valence-corrected chi connectivity index (χ4v) is 5.55. The summed E-state index contributed by atoms with van der Waals surface area (Å²) < 4.78 is 23.8. The van der Waals surface area contributed by atoms with E-state index in [0.29, 0.717) is 12.8 Å². The minimum Gasteiger partial charge on any atom is -0.480 e. The minimum absolute atomic E-state index is 0.0715. The van der Waals surface area contributed by atoms with Crippen molar-refractivity contribution in [1.82, 2.24) is 0 Å². The zero-order valence-electron chi connectivity index (χ0n) is 10.5. The molecule has 2 unspecified atom stereocenters. The Kier molecular flexibility index (Phi) is 3.62. The maximum absolute atomic E-state index is 12.8. The van der Waals surface area contributed by atoms with Gasteiger partial charge in [0.15, 0.2) is 14.6 Å². The van der Waals surface area contributed by atoms with Gasteiger partial charge in [-0.3, -0.25) is 4.79 Å². The van der Waals surface area contributed by atoms with E-state index in [1.807, 2.05) is 0 Å². The van der Waals surface area contributed by atoms with E-state index in [1.54, 1.807) is 19.1 Å². The van der Waals surface area contributed by atoms with Crippen LogP contribution in [-0.2, 0) is 14.6 Å². The quantitative estimate of drug-likeness (QED) is 0.932. The first kappa shape index (κ1) is 14.3. The van der Waals surface area contributed by atoms with E-state index >= 15 is 0 Å². The molecule has 1 N–H and O–H groups in total. The molecule has 0 spiro atoms. The maximum Gasteiger partial charge on any atom is 0.325 e. The van der Waals surface area contributed by atoms with Gasteiger partial charge >= 0.3 is 5.97 Å². The molecular weight excluding hydrogens is 288 g/mol. The van der Waals surface area contributed by atoms with Crippen molar-refractivity contribution in [3.05, 3.63) is 29.3 Å². The molecule has 0 saturated heterocycles. The van der Waals surface area contributed by atoms with Crippen LogP contribution in [0.25, 0.3) is 0 Å². The first-order valence-corrected chi connectivity index (χ1v) is 7.92. The number of hydrogen-bond acceptors (Lipinski definition) is 3. The SMILES string of the molecule is CC1CCCC1(C(=O)O)S(=O)(=O)c1ccccc1Cl. The number of hydrogen-bond donors (Lipinski definition) is 1. The Balaban J connectivity index is 2.67. The van der Waals surface area contributed by atoms with Gasteiger partial charge in [0, 0.05) is 0 Å². The summed E-state index contributed by atoms with van der Waals surface area (Å²) in [5, 5.41) is 9.57. The van der Waals surface area contributed by atoms with Crippen LogP contribution in [0.15, 0.2) is 29.2 Å². The topological polar surface area (TPSA) is 71.4 Å². The van der Waals surface area contributed by atoms with Crippen molar-refractivity contribution in [2.75, 3.05) is 0 Å². The minimum atomic E-state index is -4.01. The van der Waals surface area contributed by atoms with Gasteiger partial charge in [-0.05, 0) is 30.9 Å². The van der Waals surface area contributed by atoms with Gasteiger partial charge in [-0.1, -0.05) is 37.1 Å². The lowest BCUT2D eigenvalue weighted by Crippen LogP contribution is -2.48. The largest absolute Gasteiger partial charge is 0.480 e. The molecule has 1 aliphatic carbocycles. The van der Waals surface area contributed by atoms with Crippen molar-refractivity contribution < 1.29 is 18.3 Å². The van der Waals surface area contributed by atoms with E-state index in [4.69, 9.17) is 11.6 Å². The Bertz CT molecular complexity index is 611. The Morgan fingerprint density at radius 1 is 1.42 bits per heavy atom. The predicted molar refractivity (Wildman–Crippen MR) is 72.0 cm³/mol. The summed E-state index contributed by atoms with van der Waals surface area (Å²) in [5.74, 6) is -1.70. The van der Waals surface area contributed by atoms with Crippen LogP contribution < -0.4 is 0 Å². The van der Waals surface area contributed by atoms with Crippen LogP contribution in [-0.4, -0.2) is 24.2 Å². The Labute approximate surface area is 117 Å². The van der Waals surface area contributed by atoms with Crippen LogP contribution >= 0.6 is 11.6 Å². The highest BCUT2D eigenvalue weighted by Gasteiger charge is 2.58. The van der Waals surface area contributed by atoms with Gasteiger partial charge in [-0.25, -0.2) is 8.42 Å². The predicted octanol–water partition coefficient (Wildman–Crippen LogP) is 2.76. The maximum atomic E-state index is 12.8. The molecule has 0 aliphatic heterocycles. The number of benzene rings is 1. The van der Waals surface area contributed by atoms with Crippen molar-refractivity contribution in [3.63, 3.8) is 0 Å².